The van der Waals surface area contributed by atoms with Crippen molar-refractivity contribution >= 4 is 5.91 Å². The third kappa shape index (κ3) is 39.3. The van der Waals surface area contributed by atoms with Gasteiger partial charge in [0.1, 0.15) is 6.10 Å². The lowest BCUT2D eigenvalue weighted by atomic mass is 10.0. The van der Waals surface area contributed by atoms with Crippen LogP contribution in [0.1, 0.15) is 271 Å². The van der Waals surface area contributed by atoms with Gasteiger partial charge in [0, 0.05) is 0 Å². The van der Waals surface area contributed by atoms with E-state index in [-0.39, 0.29) is 6.61 Å². The zero-order valence-corrected chi connectivity index (χ0v) is 36.6. The molecule has 0 aliphatic rings. The Morgan fingerprint density at radius 3 is 1.02 bits per heavy atom. The number of hydrogen-bond donors (Lipinski definition) is 4. The van der Waals surface area contributed by atoms with Crippen LogP contribution in [0.5, 0.6) is 0 Å². The summed E-state index contributed by atoms with van der Waals surface area (Å²) in [6.45, 7) is 4.20. The minimum absolute atomic E-state index is 0.359. The van der Waals surface area contributed by atoms with Gasteiger partial charge in [-0.05, 0) is 19.3 Å². The first-order valence-corrected chi connectivity index (χ1v) is 24.5. The number of allylic oxidation sites excluding steroid dienone is 1. The molecule has 0 aliphatic carbocycles. The molecule has 5 heteroatoms. The van der Waals surface area contributed by atoms with Gasteiger partial charge in [0.25, 0.3) is 0 Å². The maximum atomic E-state index is 12.5. The first kappa shape index (κ1) is 53.1. The number of nitrogens with one attached hydrogen (secondary N) is 1. The van der Waals surface area contributed by atoms with Crippen LogP contribution in [0, 0.1) is 0 Å². The number of amides is 1. The molecule has 5 nitrogen and oxygen atoms in total. The topological polar surface area (TPSA) is 89.8 Å². The van der Waals surface area contributed by atoms with Crippen LogP contribution in [-0.2, 0) is 4.79 Å². The van der Waals surface area contributed by atoms with Gasteiger partial charge in [-0.2, -0.15) is 0 Å². The number of carbonyl (C=O) groups excluding carboxylic acids is 1. The van der Waals surface area contributed by atoms with E-state index in [0.717, 1.165) is 32.1 Å². The summed E-state index contributed by atoms with van der Waals surface area (Å²) >= 11 is 0. The van der Waals surface area contributed by atoms with Crippen LogP contribution in [0.25, 0.3) is 0 Å². The lowest BCUT2D eigenvalue weighted by Crippen LogP contribution is -2.48. The van der Waals surface area contributed by atoms with Crippen LogP contribution in [0.15, 0.2) is 12.2 Å². The van der Waals surface area contributed by atoms with Gasteiger partial charge in [-0.15, -0.1) is 0 Å². The number of aliphatic hydroxyl groups excluding tert-OH is 3. The molecular weight excluding hydrogens is 667 g/mol. The summed E-state index contributed by atoms with van der Waals surface area (Å²) in [6.07, 6.45) is 54.1. The molecule has 0 aromatic carbocycles. The molecule has 0 aromatic heterocycles. The summed E-state index contributed by atoms with van der Waals surface area (Å²) in [5, 5.41) is 33.2. The molecule has 0 spiro atoms. The number of aliphatic hydroxyl groups is 3. The monoisotopic (exact) mass is 764 g/mol. The van der Waals surface area contributed by atoms with E-state index in [0.29, 0.717) is 6.42 Å². The molecule has 0 saturated heterocycles. The Labute approximate surface area is 338 Å². The van der Waals surface area contributed by atoms with Crippen molar-refractivity contribution in [2.24, 2.45) is 0 Å². The highest BCUT2D eigenvalue weighted by atomic mass is 16.3. The van der Waals surface area contributed by atoms with E-state index in [1.54, 1.807) is 6.08 Å². The van der Waals surface area contributed by atoms with Crippen LogP contribution in [0.2, 0.25) is 0 Å². The second kappa shape index (κ2) is 44.8. The van der Waals surface area contributed by atoms with Gasteiger partial charge in [-0.3, -0.25) is 4.79 Å². The fraction of sp³-hybridized carbons (Fsp3) is 0.939. The van der Waals surface area contributed by atoms with E-state index in [1.165, 1.54) is 218 Å². The Morgan fingerprint density at radius 1 is 0.444 bits per heavy atom. The SMILES string of the molecule is CCCCCCCCCCCCC/C=C/[C@@H](O)[C@H](CO)NC(=O)C(O)CCCCCCCCCCCCCCCCCCCCCCCCCCCCC. The van der Waals surface area contributed by atoms with Crippen molar-refractivity contribution in [1.82, 2.24) is 5.32 Å². The summed E-state index contributed by atoms with van der Waals surface area (Å²) in [5.74, 6) is -0.498. The predicted molar refractivity (Wildman–Crippen MR) is 236 cm³/mol. The number of carbonyl (C=O) groups is 1. The summed E-state index contributed by atoms with van der Waals surface area (Å²) in [6, 6.07) is -0.792. The van der Waals surface area contributed by atoms with Gasteiger partial charge in [0.2, 0.25) is 5.91 Å². The number of unbranched alkanes of at least 4 members (excludes halogenated alkanes) is 37. The molecule has 4 N–H and O–H groups in total. The van der Waals surface area contributed by atoms with Crippen LogP contribution in [0.4, 0.5) is 0 Å². The number of hydrogen-bond acceptors (Lipinski definition) is 4. The lowest BCUT2D eigenvalue weighted by Gasteiger charge is -2.21. The van der Waals surface area contributed by atoms with Crippen molar-refractivity contribution in [2.75, 3.05) is 6.61 Å². The van der Waals surface area contributed by atoms with E-state index < -0.39 is 24.2 Å². The Balaban J connectivity index is 3.52. The minimum atomic E-state index is -1.09. The summed E-state index contributed by atoms with van der Waals surface area (Å²) in [4.78, 5) is 12.5. The van der Waals surface area contributed by atoms with Crippen molar-refractivity contribution in [3.8, 4) is 0 Å². The quantitative estimate of drug-likeness (QED) is 0.0367. The molecule has 0 radical (unpaired) electrons. The Kier molecular flexibility index (Phi) is 44.0. The van der Waals surface area contributed by atoms with E-state index in [1.807, 2.05) is 6.08 Å². The molecule has 1 unspecified atom stereocenters. The van der Waals surface area contributed by atoms with Gasteiger partial charge in [-0.1, -0.05) is 264 Å². The van der Waals surface area contributed by atoms with Gasteiger partial charge in [0.05, 0.1) is 18.8 Å². The zero-order chi connectivity index (χ0) is 39.4. The highest BCUT2D eigenvalue weighted by Crippen LogP contribution is 2.17. The fourth-order valence-electron chi connectivity index (χ4n) is 7.78. The average Bonchev–Trinajstić information content (AvgIpc) is 3.18. The molecule has 1 amide bonds. The molecule has 0 heterocycles. The molecular formula is C49H97NO4. The summed E-state index contributed by atoms with van der Waals surface area (Å²) in [5.41, 5.74) is 0. The third-order valence-electron chi connectivity index (χ3n) is 11.6. The molecule has 0 saturated carbocycles. The van der Waals surface area contributed by atoms with Gasteiger partial charge >= 0.3 is 0 Å². The second-order valence-electron chi connectivity index (χ2n) is 17.0. The van der Waals surface area contributed by atoms with E-state index in [4.69, 9.17) is 0 Å². The number of rotatable bonds is 45. The third-order valence-corrected chi connectivity index (χ3v) is 11.6. The molecule has 54 heavy (non-hydrogen) atoms. The van der Waals surface area contributed by atoms with Crippen LogP contribution >= 0.6 is 0 Å². The van der Waals surface area contributed by atoms with Crippen LogP contribution in [-0.4, -0.2) is 46.1 Å². The normalized spacial score (nSPS) is 13.5. The van der Waals surface area contributed by atoms with Gasteiger partial charge < -0.3 is 20.6 Å². The molecule has 0 aromatic rings. The second-order valence-corrected chi connectivity index (χ2v) is 17.0. The Morgan fingerprint density at radius 2 is 0.722 bits per heavy atom. The minimum Gasteiger partial charge on any atom is -0.394 e. The highest BCUT2D eigenvalue weighted by Gasteiger charge is 2.22. The van der Waals surface area contributed by atoms with E-state index in [2.05, 4.69) is 19.2 Å². The van der Waals surface area contributed by atoms with Gasteiger partial charge in [-0.25, -0.2) is 0 Å². The highest BCUT2D eigenvalue weighted by molar-refractivity contribution is 5.80. The molecule has 0 aliphatic heterocycles. The largest absolute Gasteiger partial charge is 0.394 e. The maximum absolute atomic E-state index is 12.5. The van der Waals surface area contributed by atoms with Crippen molar-refractivity contribution in [2.45, 2.75) is 289 Å². The maximum Gasteiger partial charge on any atom is 0.249 e. The molecule has 0 fully saturated rings. The van der Waals surface area contributed by atoms with Crippen molar-refractivity contribution in [3.63, 3.8) is 0 Å². The Bertz CT molecular complexity index is 758. The van der Waals surface area contributed by atoms with Gasteiger partial charge in [0.15, 0.2) is 0 Å². The smallest absolute Gasteiger partial charge is 0.249 e. The molecule has 0 rings (SSSR count). The first-order valence-electron chi connectivity index (χ1n) is 24.5. The van der Waals surface area contributed by atoms with Crippen molar-refractivity contribution in [1.29, 1.82) is 0 Å². The molecule has 3 atom stereocenters. The summed E-state index contributed by atoms with van der Waals surface area (Å²) in [7, 11) is 0. The lowest BCUT2D eigenvalue weighted by molar-refractivity contribution is -0.131. The molecule has 322 valence electrons. The zero-order valence-electron chi connectivity index (χ0n) is 36.6. The van der Waals surface area contributed by atoms with Crippen LogP contribution < -0.4 is 5.32 Å². The average molecular weight is 764 g/mol. The van der Waals surface area contributed by atoms with E-state index in [9.17, 15) is 20.1 Å². The van der Waals surface area contributed by atoms with Crippen molar-refractivity contribution in [3.05, 3.63) is 12.2 Å². The summed E-state index contributed by atoms with van der Waals surface area (Å²) < 4.78 is 0. The van der Waals surface area contributed by atoms with E-state index >= 15 is 0 Å². The van der Waals surface area contributed by atoms with Crippen LogP contribution in [0.3, 0.4) is 0 Å². The molecule has 0 bridgehead atoms. The first-order chi connectivity index (χ1) is 26.6. The fourth-order valence-corrected chi connectivity index (χ4v) is 7.78. The Hall–Kier alpha value is -0.910. The van der Waals surface area contributed by atoms with Crippen molar-refractivity contribution < 1.29 is 20.1 Å². The standard InChI is InChI=1S/C49H97NO4/c1-3-5-7-9-11-13-15-17-18-19-20-21-22-23-24-25-26-27-28-29-30-32-34-36-38-40-42-44-48(53)49(54)50-46(45-51)47(52)43-41-39-37-35-33-31-16-14-12-10-8-6-4-2/h41,43,46-48,51-53H,3-40,42,44-45H2,1-2H3,(H,50,54)/b43-41+/t46-,47+,48?/m0/s1. The predicted octanol–water partition coefficient (Wildman–Crippen LogP) is 14.4.